The summed E-state index contributed by atoms with van der Waals surface area (Å²) in [6.45, 7) is -0.742. The molecule has 0 N–H and O–H groups in total. The highest BCUT2D eigenvalue weighted by molar-refractivity contribution is 9.12. The molecule has 2 aromatic rings. The molecule has 3 amide bonds. The molecule has 0 radical (unpaired) electrons. The maximum Gasteiger partial charge on any atom is 0.282 e. The van der Waals surface area contributed by atoms with Crippen molar-refractivity contribution in [1.82, 2.24) is 10.0 Å². The summed E-state index contributed by atoms with van der Waals surface area (Å²) in [5.41, 5.74) is -0.860. The molecule has 37 heavy (non-hydrogen) atoms. The quantitative estimate of drug-likeness (QED) is 0.141. The van der Waals surface area contributed by atoms with E-state index in [1.807, 2.05) is 0 Å². The number of benzene rings is 2. The number of hydrogen-bond donors (Lipinski definition) is 0. The molecule has 13 heteroatoms. The Balaban J connectivity index is 1.56. The topological polar surface area (TPSA) is 118 Å². The number of halogens is 4. The van der Waals surface area contributed by atoms with E-state index in [4.69, 9.17) is 23.2 Å². The van der Waals surface area contributed by atoms with Crippen molar-refractivity contribution < 1.29 is 24.1 Å². The van der Waals surface area contributed by atoms with Gasteiger partial charge in [-0.2, -0.15) is 5.01 Å². The summed E-state index contributed by atoms with van der Waals surface area (Å²) in [5, 5.41) is 13.4. The number of hydrazine groups is 1. The van der Waals surface area contributed by atoms with Crippen molar-refractivity contribution in [2.24, 2.45) is 23.7 Å². The zero-order chi connectivity index (χ0) is 26.8. The maximum atomic E-state index is 13.7. The smallest absolute Gasteiger partial charge is 0.282 e. The van der Waals surface area contributed by atoms with E-state index < -0.39 is 52.5 Å². The fourth-order valence-corrected chi connectivity index (χ4v) is 8.08. The van der Waals surface area contributed by atoms with Crippen molar-refractivity contribution in [2.45, 2.75) is 16.1 Å². The van der Waals surface area contributed by atoms with Crippen LogP contribution in [0.2, 0.25) is 10.0 Å². The molecule has 5 rings (SSSR count). The molecule has 0 spiro atoms. The standard InChI is InChI=1S/C24H17Br2Cl2N3O6/c25-20-13-8-14(21(20)26)19-18(13)23(34)30(24(19)35)29(9-17(32)11-6-5-10(27)7-15(11)28)22(33)12-3-1-2-4-16(12)31(36)37/h1-7,13-14,18-21H,8-9H2/t13-,14-,18-,19+,20-,21+/m1/s1. The Bertz CT molecular complexity index is 1340. The number of nitrogens with zero attached hydrogens (tertiary/aromatic N) is 3. The SMILES string of the molecule is O=C(CN(C(=O)c1ccccc1[N+](=O)[O-])N1C(=O)[C@@H]2[C@H]3C[C@@H]([C@H](Br)[C@@H]3Br)[C@@H]2C1=O)c1ccc(Cl)cc1Cl. The summed E-state index contributed by atoms with van der Waals surface area (Å²) >= 11 is 19.3. The fourth-order valence-electron chi connectivity index (χ4n) is 5.69. The van der Waals surface area contributed by atoms with Crippen molar-refractivity contribution in [1.29, 1.82) is 0 Å². The normalized spacial score (nSPS) is 27.9. The predicted molar refractivity (Wildman–Crippen MR) is 141 cm³/mol. The van der Waals surface area contributed by atoms with E-state index in [0.717, 1.165) is 6.07 Å². The number of amides is 3. The maximum absolute atomic E-state index is 13.7. The fraction of sp³-hybridized carbons (Fsp3) is 0.333. The van der Waals surface area contributed by atoms with Crippen molar-refractivity contribution in [3.05, 3.63) is 73.8 Å². The molecule has 3 aliphatic rings. The molecule has 1 aliphatic heterocycles. The summed E-state index contributed by atoms with van der Waals surface area (Å²) in [6.07, 6.45) is 0.671. The predicted octanol–water partition coefficient (Wildman–Crippen LogP) is 4.92. The highest BCUT2D eigenvalue weighted by atomic mass is 79.9. The number of ketones is 1. The Kier molecular flexibility index (Phi) is 6.93. The van der Waals surface area contributed by atoms with Gasteiger partial charge in [0.1, 0.15) is 12.1 Å². The highest BCUT2D eigenvalue weighted by Crippen LogP contribution is 2.60. The van der Waals surface area contributed by atoms with Crippen LogP contribution in [0, 0.1) is 33.8 Å². The van der Waals surface area contributed by atoms with Crippen LogP contribution in [-0.2, 0) is 9.59 Å². The second kappa shape index (κ2) is 9.76. The van der Waals surface area contributed by atoms with Crippen LogP contribution in [0.15, 0.2) is 42.5 Å². The van der Waals surface area contributed by atoms with E-state index in [2.05, 4.69) is 31.9 Å². The van der Waals surface area contributed by atoms with E-state index in [9.17, 15) is 29.3 Å². The summed E-state index contributed by atoms with van der Waals surface area (Å²) in [6, 6.07) is 9.32. The van der Waals surface area contributed by atoms with Gasteiger partial charge in [-0.15, -0.1) is 0 Å². The number of nitro benzene ring substituents is 1. The molecular formula is C24H17Br2Cl2N3O6. The average molecular weight is 674 g/mol. The van der Waals surface area contributed by atoms with E-state index in [1.54, 1.807) is 0 Å². The number of carbonyl (C=O) groups is 4. The first kappa shape index (κ1) is 26.3. The van der Waals surface area contributed by atoms with Gasteiger partial charge in [-0.25, -0.2) is 5.01 Å². The lowest BCUT2D eigenvalue weighted by atomic mass is 9.81. The Morgan fingerprint density at radius 1 is 1.00 bits per heavy atom. The van der Waals surface area contributed by atoms with Crippen LogP contribution >= 0.6 is 55.1 Å². The molecule has 2 saturated carbocycles. The van der Waals surface area contributed by atoms with Gasteiger partial charge in [-0.1, -0.05) is 67.2 Å². The zero-order valence-corrected chi connectivity index (χ0v) is 23.4. The number of para-hydroxylation sites is 1. The first-order valence-corrected chi connectivity index (χ1v) is 13.8. The Labute approximate surface area is 237 Å². The molecule has 9 nitrogen and oxygen atoms in total. The van der Waals surface area contributed by atoms with E-state index >= 15 is 0 Å². The number of hydrogen-bond acceptors (Lipinski definition) is 6. The summed E-state index contributed by atoms with van der Waals surface area (Å²) in [5.74, 6) is -4.49. The number of alkyl halides is 2. The zero-order valence-electron chi connectivity index (χ0n) is 18.7. The van der Waals surface area contributed by atoms with Gasteiger partial charge in [0, 0.05) is 26.3 Å². The van der Waals surface area contributed by atoms with Gasteiger partial charge in [0.2, 0.25) is 0 Å². The second-order valence-electron chi connectivity index (χ2n) is 9.18. The third-order valence-corrected chi connectivity index (χ3v) is 11.1. The van der Waals surface area contributed by atoms with Gasteiger partial charge in [0.05, 0.1) is 21.8 Å². The second-order valence-corrected chi connectivity index (χ2v) is 12.1. The minimum Gasteiger partial charge on any atom is -0.292 e. The van der Waals surface area contributed by atoms with Gasteiger partial charge in [0.25, 0.3) is 23.4 Å². The number of rotatable bonds is 6. The van der Waals surface area contributed by atoms with Crippen LogP contribution in [0.1, 0.15) is 27.1 Å². The molecule has 2 aromatic carbocycles. The Morgan fingerprint density at radius 3 is 2.16 bits per heavy atom. The monoisotopic (exact) mass is 671 g/mol. The van der Waals surface area contributed by atoms with Crippen molar-refractivity contribution in [3.8, 4) is 0 Å². The largest absolute Gasteiger partial charge is 0.292 e. The third-order valence-electron chi connectivity index (χ3n) is 7.30. The van der Waals surface area contributed by atoms with Crippen LogP contribution < -0.4 is 0 Å². The lowest BCUT2D eigenvalue weighted by Gasteiger charge is -2.30. The van der Waals surface area contributed by atoms with Crippen molar-refractivity contribution >= 4 is 84.3 Å². The summed E-state index contributed by atoms with van der Waals surface area (Å²) in [4.78, 5) is 65.1. The van der Waals surface area contributed by atoms with Crippen molar-refractivity contribution in [2.75, 3.05) is 6.54 Å². The van der Waals surface area contributed by atoms with Gasteiger partial charge < -0.3 is 0 Å². The minimum atomic E-state index is -1.02. The van der Waals surface area contributed by atoms with Gasteiger partial charge in [0.15, 0.2) is 5.78 Å². The Hall–Kier alpha value is -2.34. The van der Waals surface area contributed by atoms with Gasteiger partial charge in [-0.05, 0) is 42.5 Å². The van der Waals surface area contributed by atoms with Gasteiger partial charge >= 0.3 is 0 Å². The first-order chi connectivity index (χ1) is 17.5. The van der Waals surface area contributed by atoms with E-state index in [0.29, 0.717) is 16.4 Å². The molecule has 6 atom stereocenters. The van der Waals surface area contributed by atoms with Gasteiger partial charge in [-0.3, -0.25) is 29.3 Å². The number of imide groups is 1. The molecule has 192 valence electrons. The average Bonchev–Trinajstić information content (AvgIpc) is 3.47. The third kappa shape index (κ3) is 4.20. The van der Waals surface area contributed by atoms with Crippen LogP contribution in [0.5, 0.6) is 0 Å². The van der Waals surface area contributed by atoms with Crippen molar-refractivity contribution in [3.63, 3.8) is 0 Å². The highest BCUT2D eigenvalue weighted by Gasteiger charge is 2.67. The molecule has 1 heterocycles. The van der Waals surface area contributed by atoms with Crippen LogP contribution in [0.3, 0.4) is 0 Å². The minimum absolute atomic E-state index is 0.0202. The molecular weight excluding hydrogens is 657 g/mol. The molecule has 2 bridgehead atoms. The van der Waals surface area contributed by atoms with E-state index in [-0.39, 0.29) is 42.7 Å². The van der Waals surface area contributed by atoms with Crippen LogP contribution in [0.25, 0.3) is 0 Å². The summed E-state index contributed by atoms with van der Waals surface area (Å²) in [7, 11) is 0. The van der Waals surface area contributed by atoms with Crippen LogP contribution in [-0.4, -0.2) is 54.6 Å². The molecule has 0 unspecified atom stereocenters. The Morgan fingerprint density at radius 2 is 1.59 bits per heavy atom. The number of carbonyl (C=O) groups excluding carboxylic acids is 4. The number of nitro groups is 1. The number of fused-ring (bicyclic) bond motifs is 5. The summed E-state index contributed by atoms with van der Waals surface area (Å²) < 4.78 is 0. The van der Waals surface area contributed by atoms with E-state index in [1.165, 1.54) is 36.4 Å². The number of Topliss-reactive ketones (excluding diaryl/α,β-unsaturated/α-hetero) is 1. The lowest BCUT2D eigenvalue weighted by molar-refractivity contribution is -0.385. The first-order valence-electron chi connectivity index (χ1n) is 11.2. The molecule has 2 aliphatic carbocycles. The van der Waals surface area contributed by atoms with Crippen LogP contribution in [0.4, 0.5) is 5.69 Å². The molecule has 0 aromatic heterocycles. The molecule has 3 fully saturated rings. The lowest BCUT2D eigenvalue weighted by Crippen LogP contribution is -2.53. The molecule has 1 saturated heterocycles.